The summed E-state index contributed by atoms with van der Waals surface area (Å²) in [5.41, 5.74) is 0. The Hall–Kier alpha value is -0.610. The van der Waals surface area contributed by atoms with Gasteiger partial charge >= 0.3 is 5.97 Å². The van der Waals surface area contributed by atoms with Gasteiger partial charge in [-0.05, 0) is 33.2 Å². The number of carbonyl (C=O) groups excluding carboxylic acids is 1. The molecule has 0 aliphatic carbocycles. The molecule has 0 aromatic rings. The lowest BCUT2D eigenvalue weighted by atomic mass is 10.2. The van der Waals surface area contributed by atoms with Gasteiger partial charge in [0, 0.05) is 6.61 Å². The van der Waals surface area contributed by atoms with Crippen molar-refractivity contribution in [3.8, 4) is 0 Å². The molecule has 1 aliphatic heterocycles. The van der Waals surface area contributed by atoms with E-state index in [-0.39, 0.29) is 18.1 Å². The molecule has 1 saturated heterocycles. The van der Waals surface area contributed by atoms with Gasteiger partial charge in [0.05, 0.1) is 6.61 Å². The average Bonchev–Trinajstić information content (AvgIpc) is 2.67. The van der Waals surface area contributed by atoms with Crippen LogP contribution in [-0.4, -0.2) is 37.9 Å². The van der Waals surface area contributed by atoms with Gasteiger partial charge in [0.25, 0.3) is 0 Å². The van der Waals surface area contributed by atoms with Crippen molar-refractivity contribution in [3.63, 3.8) is 0 Å². The predicted molar refractivity (Wildman–Crippen MR) is 53.1 cm³/mol. The van der Waals surface area contributed by atoms with Crippen LogP contribution in [0.2, 0.25) is 0 Å². The lowest BCUT2D eigenvalue weighted by molar-refractivity contribution is -0.153. The maximum absolute atomic E-state index is 11.5. The third-order valence-corrected chi connectivity index (χ3v) is 2.22. The molecule has 0 spiro atoms. The van der Waals surface area contributed by atoms with Gasteiger partial charge in [-0.3, -0.25) is 4.79 Å². The highest BCUT2D eigenvalue weighted by molar-refractivity contribution is 5.76. The lowest BCUT2D eigenvalue weighted by Crippen LogP contribution is -2.35. The van der Waals surface area contributed by atoms with Gasteiger partial charge in [-0.2, -0.15) is 0 Å². The predicted octanol–water partition coefficient (Wildman–Crippen LogP) is 0.707. The molecule has 1 heterocycles. The fourth-order valence-electron chi connectivity index (χ4n) is 1.48. The number of hydrogen-bond acceptors (Lipinski definition) is 4. The van der Waals surface area contributed by atoms with Crippen molar-refractivity contribution in [1.29, 1.82) is 0 Å². The Morgan fingerprint density at radius 2 is 2.43 bits per heavy atom. The number of ether oxygens (including phenoxy) is 2. The molecule has 82 valence electrons. The van der Waals surface area contributed by atoms with Crippen molar-refractivity contribution in [2.75, 3.05) is 19.8 Å². The standard InChI is InChI=1S/C10H19NO3/c1-3-13-7-8(2)14-10(12)9-5-4-6-11-9/h8-9,11H,3-7H2,1-2H3/t8?,9-/m1/s1. The molecule has 1 unspecified atom stereocenters. The van der Waals surface area contributed by atoms with Crippen molar-refractivity contribution in [1.82, 2.24) is 5.32 Å². The van der Waals surface area contributed by atoms with E-state index in [2.05, 4.69) is 5.32 Å². The van der Waals surface area contributed by atoms with Crippen molar-refractivity contribution >= 4 is 5.97 Å². The van der Waals surface area contributed by atoms with Crippen LogP contribution in [0.25, 0.3) is 0 Å². The molecule has 1 fully saturated rings. The zero-order chi connectivity index (χ0) is 10.4. The smallest absolute Gasteiger partial charge is 0.323 e. The first-order chi connectivity index (χ1) is 6.74. The Labute approximate surface area is 85.0 Å². The molecule has 0 radical (unpaired) electrons. The van der Waals surface area contributed by atoms with E-state index < -0.39 is 0 Å². The molecule has 0 aromatic heterocycles. The van der Waals surface area contributed by atoms with Crippen LogP contribution in [-0.2, 0) is 14.3 Å². The Kier molecular flexibility index (Phi) is 4.90. The van der Waals surface area contributed by atoms with E-state index in [4.69, 9.17) is 9.47 Å². The minimum atomic E-state index is -0.148. The van der Waals surface area contributed by atoms with Crippen LogP contribution in [0.15, 0.2) is 0 Å². The van der Waals surface area contributed by atoms with E-state index in [0.717, 1.165) is 19.4 Å². The normalized spacial score (nSPS) is 23.4. The zero-order valence-corrected chi connectivity index (χ0v) is 8.91. The summed E-state index contributed by atoms with van der Waals surface area (Å²) in [7, 11) is 0. The second kappa shape index (κ2) is 5.98. The van der Waals surface area contributed by atoms with Crippen LogP contribution in [0.1, 0.15) is 26.7 Å². The molecule has 14 heavy (non-hydrogen) atoms. The molecule has 1 aliphatic rings. The fourth-order valence-corrected chi connectivity index (χ4v) is 1.48. The Balaban J connectivity index is 2.18. The van der Waals surface area contributed by atoms with Gasteiger partial charge < -0.3 is 14.8 Å². The third kappa shape index (κ3) is 3.64. The summed E-state index contributed by atoms with van der Waals surface area (Å²) in [6, 6.07) is -0.0981. The Bertz CT molecular complexity index is 178. The second-order valence-electron chi connectivity index (χ2n) is 3.56. The van der Waals surface area contributed by atoms with E-state index in [0.29, 0.717) is 13.2 Å². The molecule has 4 heteroatoms. The quantitative estimate of drug-likeness (QED) is 0.665. The van der Waals surface area contributed by atoms with Crippen molar-refractivity contribution < 1.29 is 14.3 Å². The SMILES string of the molecule is CCOCC(C)OC(=O)[C@H]1CCCN1. The van der Waals surface area contributed by atoms with E-state index >= 15 is 0 Å². The first-order valence-corrected chi connectivity index (χ1v) is 5.25. The highest BCUT2D eigenvalue weighted by atomic mass is 16.6. The van der Waals surface area contributed by atoms with Crippen LogP contribution >= 0.6 is 0 Å². The zero-order valence-electron chi connectivity index (χ0n) is 8.91. The summed E-state index contributed by atoms with van der Waals surface area (Å²) in [5, 5.41) is 3.10. The van der Waals surface area contributed by atoms with Crippen LogP contribution in [0.3, 0.4) is 0 Å². The van der Waals surface area contributed by atoms with Crippen molar-refractivity contribution in [2.24, 2.45) is 0 Å². The molecule has 0 saturated carbocycles. The molecule has 0 bridgehead atoms. The van der Waals surface area contributed by atoms with E-state index in [9.17, 15) is 4.79 Å². The second-order valence-corrected chi connectivity index (χ2v) is 3.56. The largest absolute Gasteiger partial charge is 0.459 e. The van der Waals surface area contributed by atoms with Crippen LogP contribution in [0, 0.1) is 0 Å². The fraction of sp³-hybridized carbons (Fsp3) is 0.900. The maximum Gasteiger partial charge on any atom is 0.323 e. The monoisotopic (exact) mass is 201 g/mol. The summed E-state index contributed by atoms with van der Waals surface area (Å²) in [6.07, 6.45) is 1.80. The average molecular weight is 201 g/mol. The van der Waals surface area contributed by atoms with Gasteiger partial charge in [-0.15, -0.1) is 0 Å². The Morgan fingerprint density at radius 3 is 3.00 bits per heavy atom. The number of carbonyl (C=O) groups is 1. The number of rotatable bonds is 5. The van der Waals surface area contributed by atoms with Gasteiger partial charge in [0.1, 0.15) is 12.1 Å². The van der Waals surface area contributed by atoms with Crippen molar-refractivity contribution in [2.45, 2.75) is 38.8 Å². The molecule has 0 amide bonds. The van der Waals surface area contributed by atoms with Crippen LogP contribution in [0.4, 0.5) is 0 Å². The van der Waals surface area contributed by atoms with Gasteiger partial charge in [0.2, 0.25) is 0 Å². The van der Waals surface area contributed by atoms with Crippen LogP contribution < -0.4 is 5.32 Å². The van der Waals surface area contributed by atoms with Crippen LogP contribution in [0.5, 0.6) is 0 Å². The summed E-state index contributed by atoms with van der Waals surface area (Å²) < 4.78 is 10.4. The summed E-state index contributed by atoms with van der Waals surface area (Å²) in [4.78, 5) is 11.5. The van der Waals surface area contributed by atoms with Gasteiger partial charge in [-0.25, -0.2) is 0 Å². The lowest BCUT2D eigenvalue weighted by Gasteiger charge is -2.16. The molecule has 1 N–H and O–H groups in total. The molecule has 2 atom stereocenters. The Morgan fingerprint density at radius 1 is 1.64 bits per heavy atom. The number of nitrogens with one attached hydrogen (secondary N) is 1. The van der Waals surface area contributed by atoms with Gasteiger partial charge in [-0.1, -0.05) is 0 Å². The van der Waals surface area contributed by atoms with E-state index in [1.165, 1.54) is 0 Å². The minimum Gasteiger partial charge on any atom is -0.459 e. The maximum atomic E-state index is 11.5. The van der Waals surface area contributed by atoms with Crippen molar-refractivity contribution in [3.05, 3.63) is 0 Å². The highest BCUT2D eigenvalue weighted by Crippen LogP contribution is 2.07. The summed E-state index contributed by atoms with van der Waals surface area (Å²) >= 11 is 0. The minimum absolute atomic E-state index is 0.0981. The molecule has 4 nitrogen and oxygen atoms in total. The molecule has 1 rings (SSSR count). The summed E-state index contributed by atoms with van der Waals surface area (Å²) in [6.45, 7) is 5.83. The first kappa shape index (κ1) is 11.5. The van der Waals surface area contributed by atoms with E-state index in [1.54, 1.807) is 0 Å². The number of esters is 1. The first-order valence-electron chi connectivity index (χ1n) is 5.25. The topological polar surface area (TPSA) is 47.6 Å². The molecule has 0 aromatic carbocycles. The molecular weight excluding hydrogens is 182 g/mol. The van der Waals surface area contributed by atoms with E-state index in [1.807, 2.05) is 13.8 Å². The summed E-state index contributed by atoms with van der Waals surface area (Å²) in [5.74, 6) is -0.144. The number of hydrogen-bond donors (Lipinski definition) is 1. The third-order valence-electron chi connectivity index (χ3n) is 2.22. The highest BCUT2D eigenvalue weighted by Gasteiger charge is 2.24. The van der Waals surface area contributed by atoms with Gasteiger partial charge in [0.15, 0.2) is 0 Å². The molecular formula is C10H19NO3.